The van der Waals surface area contributed by atoms with Crippen molar-refractivity contribution in [2.45, 2.75) is 39.5 Å². The third kappa shape index (κ3) is 5.13. The van der Waals surface area contributed by atoms with Crippen molar-refractivity contribution < 1.29 is 19.4 Å². The van der Waals surface area contributed by atoms with Gasteiger partial charge in [-0.15, -0.1) is 6.58 Å². The summed E-state index contributed by atoms with van der Waals surface area (Å²) in [5.74, 6) is -0.935. The second-order valence-electron chi connectivity index (χ2n) is 5.98. The SMILES string of the molecule is C=CCNC(=O)COC(=O)c1cc(C(C)C)cc(C(C)C)c1O. The Morgan fingerprint density at radius 1 is 1.26 bits per heavy atom. The van der Waals surface area contributed by atoms with E-state index < -0.39 is 18.5 Å². The topological polar surface area (TPSA) is 75.6 Å². The highest BCUT2D eigenvalue weighted by Crippen LogP contribution is 2.33. The van der Waals surface area contributed by atoms with Crippen LogP contribution in [0.25, 0.3) is 0 Å². The molecule has 0 atom stereocenters. The monoisotopic (exact) mass is 319 g/mol. The first-order chi connectivity index (χ1) is 10.8. The molecule has 2 N–H and O–H groups in total. The van der Waals surface area contributed by atoms with Gasteiger partial charge in [0.25, 0.3) is 5.91 Å². The summed E-state index contributed by atoms with van der Waals surface area (Å²) in [4.78, 5) is 23.7. The van der Waals surface area contributed by atoms with E-state index in [0.29, 0.717) is 12.1 Å². The highest BCUT2D eigenvalue weighted by Gasteiger charge is 2.20. The molecule has 0 aliphatic carbocycles. The van der Waals surface area contributed by atoms with Crippen LogP contribution in [0.15, 0.2) is 24.8 Å². The van der Waals surface area contributed by atoms with Gasteiger partial charge in [-0.05, 0) is 29.0 Å². The average molecular weight is 319 g/mol. The van der Waals surface area contributed by atoms with E-state index in [1.165, 1.54) is 6.08 Å². The Hall–Kier alpha value is -2.30. The fraction of sp³-hybridized carbons (Fsp3) is 0.444. The van der Waals surface area contributed by atoms with Crippen LogP contribution in [0.1, 0.15) is 61.0 Å². The lowest BCUT2D eigenvalue weighted by molar-refractivity contribution is -0.124. The highest BCUT2D eigenvalue weighted by atomic mass is 16.5. The van der Waals surface area contributed by atoms with E-state index in [0.717, 1.165) is 5.56 Å². The molecule has 0 aromatic heterocycles. The van der Waals surface area contributed by atoms with Gasteiger partial charge in [-0.1, -0.05) is 39.8 Å². The molecule has 0 aliphatic heterocycles. The molecule has 0 fully saturated rings. The van der Waals surface area contributed by atoms with Crippen LogP contribution in [-0.2, 0) is 9.53 Å². The Kier molecular flexibility index (Phi) is 6.82. The van der Waals surface area contributed by atoms with Gasteiger partial charge in [0.05, 0.1) is 0 Å². The van der Waals surface area contributed by atoms with Crippen molar-refractivity contribution in [3.8, 4) is 5.75 Å². The fourth-order valence-electron chi connectivity index (χ4n) is 2.06. The van der Waals surface area contributed by atoms with Crippen molar-refractivity contribution in [1.29, 1.82) is 0 Å². The quantitative estimate of drug-likeness (QED) is 0.598. The molecule has 5 heteroatoms. The maximum absolute atomic E-state index is 12.2. The summed E-state index contributed by atoms with van der Waals surface area (Å²) in [6.45, 7) is 11.3. The second kappa shape index (κ2) is 8.36. The van der Waals surface area contributed by atoms with E-state index in [1.807, 2.05) is 33.8 Å². The molecule has 0 saturated heterocycles. The van der Waals surface area contributed by atoms with Crippen molar-refractivity contribution in [1.82, 2.24) is 5.32 Å². The first kappa shape index (κ1) is 18.7. The van der Waals surface area contributed by atoms with Crippen LogP contribution in [0.5, 0.6) is 5.75 Å². The molecule has 0 radical (unpaired) electrons. The van der Waals surface area contributed by atoms with Crippen LogP contribution in [0.3, 0.4) is 0 Å². The molecule has 1 amide bonds. The molecular weight excluding hydrogens is 294 g/mol. The zero-order valence-corrected chi connectivity index (χ0v) is 14.2. The standard InChI is InChI=1S/C18H25NO4/c1-6-7-19-16(20)10-23-18(22)15-9-13(11(2)3)8-14(12(4)5)17(15)21/h6,8-9,11-12,21H,1,7,10H2,2-5H3,(H,19,20). The van der Waals surface area contributed by atoms with E-state index in [-0.39, 0.29) is 23.1 Å². The number of hydrogen-bond donors (Lipinski definition) is 2. The number of carbonyl (C=O) groups excluding carboxylic acids is 2. The van der Waals surface area contributed by atoms with Gasteiger partial charge in [0.2, 0.25) is 0 Å². The van der Waals surface area contributed by atoms with Crippen LogP contribution < -0.4 is 5.32 Å². The van der Waals surface area contributed by atoms with Crippen LogP contribution in [0, 0.1) is 0 Å². The minimum absolute atomic E-state index is 0.0659. The Labute approximate surface area is 137 Å². The number of amides is 1. The summed E-state index contributed by atoms with van der Waals surface area (Å²) in [5, 5.41) is 12.8. The maximum atomic E-state index is 12.2. The average Bonchev–Trinajstić information content (AvgIpc) is 2.50. The molecule has 23 heavy (non-hydrogen) atoms. The summed E-state index contributed by atoms with van der Waals surface area (Å²) >= 11 is 0. The largest absolute Gasteiger partial charge is 0.507 e. The fourth-order valence-corrected chi connectivity index (χ4v) is 2.06. The van der Waals surface area contributed by atoms with E-state index in [4.69, 9.17) is 4.74 Å². The molecule has 0 aliphatic rings. The minimum atomic E-state index is -0.708. The third-order valence-electron chi connectivity index (χ3n) is 3.45. The molecule has 1 aromatic carbocycles. The number of rotatable bonds is 7. The minimum Gasteiger partial charge on any atom is -0.507 e. The lowest BCUT2D eigenvalue weighted by Crippen LogP contribution is -2.28. The normalized spacial score (nSPS) is 10.7. The number of hydrogen-bond acceptors (Lipinski definition) is 4. The molecule has 0 unspecified atom stereocenters. The maximum Gasteiger partial charge on any atom is 0.342 e. The lowest BCUT2D eigenvalue weighted by atomic mass is 9.92. The van der Waals surface area contributed by atoms with E-state index in [1.54, 1.807) is 6.07 Å². The number of ether oxygens (including phenoxy) is 1. The van der Waals surface area contributed by atoms with Crippen LogP contribution in [0.4, 0.5) is 0 Å². The zero-order chi connectivity index (χ0) is 17.6. The predicted molar refractivity (Wildman–Crippen MR) is 89.8 cm³/mol. The summed E-state index contributed by atoms with van der Waals surface area (Å²) in [6.07, 6.45) is 1.53. The molecule has 0 spiro atoms. The number of esters is 1. The number of phenols is 1. The summed E-state index contributed by atoms with van der Waals surface area (Å²) in [6, 6.07) is 3.52. The summed E-state index contributed by atoms with van der Waals surface area (Å²) < 4.78 is 4.99. The van der Waals surface area contributed by atoms with E-state index in [2.05, 4.69) is 11.9 Å². The smallest absolute Gasteiger partial charge is 0.342 e. The van der Waals surface area contributed by atoms with Gasteiger partial charge >= 0.3 is 5.97 Å². The van der Waals surface area contributed by atoms with Crippen molar-refractivity contribution >= 4 is 11.9 Å². The number of carbonyl (C=O) groups is 2. The lowest BCUT2D eigenvalue weighted by Gasteiger charge is -2.16. The van der Waals surface area contributed by atoms with Gasteiger partial charge in [-0.2, -0.15) is 0 Å². The third-order valence-corrected chi connectivity index (χ3v) is 3.45. The molecule has 1 aromatic rings. The van der Waals surface area contributed by atoms with Crippen molar-refractivity contribution in [3.63, 3.8) is 0 Å². The second-order valence-corrected chi connectivity index (χ2v) is 5.98. The Morgan fingerprint density at radius 2 is 1.91 bits per heavy atom. The van der Waals surface area contributed by atoms with Gasteiger partial charge in [0.1, 0.15) is 11.3 Å². The van der Waals surface area contributed by atoms with Gasteiger partial charge in [0, 0.05) is 6.54 Å². The molecule has 0 heterocycles. The predicted octanol–water partition coefficient (Wildman–Crippen LogP) is 3.10. The number of aromatic hydroxyl groups is 1. The molecule has 5 nitrogen and oxygen atoms in total. The molecule has 126 valence electrons. The van der Waals surface area contributed by atoms with Gasteiger partial charge in [-0.3, -0.25) is 4.79 Å². The Balaban J connectivity index is 2.99. The van der Waals surface area contributed by atoms with Crippen molar-refractivity contribution in [2.75, 3.05) is 13.2 Å². The van der Waals surface area contributed by atoms with E-state index in [9.17, 15) is 14.7 Å². The van der Waals surface area contributed by atoms with E-state index >= 15 is 0 Å². The highest BCUT2D eigenvalue weighted by molar-refractivity contribution is 5.94. The first-order valence-corrected chi connectivity index (χ1v) is 7.69. The molecular formula is C18H25NO4. The van der Waals surface area contributed by atoms with Crippen LogP contribution >= 0.6 is 0 Å². The summed E-state index contributed by atoms with van der Waals surface area (Å²) in [5.41, 5.74) is 1.73. The molecule has 0 saturated carbocycles. The summed E-state index contributed by atoms with van der Waals surface area (Å²) in [7, 11) is 0. The van der Waals surface area contributed by atoms with Gasteiger partial charge < -0.3 is 15.2 Å². The number of nitrogens with one attached hydrogen (secondary N) is 1. The van der Waals surface area contributed by atoms with Crippen molar-refractivity contribution in [3.05, 3.63) is 41.5 Å². The molecule has 0 bridgehead atoms. The van der Waals surface area contributed by atoms with Crippen molar-refractivity contribution in [2.24, 2.45) is 0 Å². The van der Waals surface area contributed by atoms with Crippen LogP contribution in [-0.4, -0.2) is 30.1 Å². The molecule has 1 rings (SSSR count). The van der Waals surface area contributed by atoms with Gasteiger partial charge in [0.15, 0.2) is 6.61 Å². The number of benzene rings is 1. The Bertz CT molecular complexity index is 591. The Morgan fingerprint density at radius 3 is 2.43 bits per heavy atom. The number of phenolic OH excluding ortho intramolecular Hbond substituents is 1. The zero-order valence-electron chi connectivity index (χ0n) is 14.2. The van der Waals surface area contributed by atoms with Crippen LogP contribution in [0.2, 0.25) is 0 Å². The first-order valence-electron chi connectivity index (χ1n) is 7.69. The van der Waals surface area contributed by atoms with Gasteiger partial charge in [-0.25, -0.2) is 4.79 Å².